The van der Waals surface area contributed by atoms with Gasteiger partial charge >= 0.3 is 0 Å². The maximum Gasteiger partial charge on any atom is 0.286 e. The Bertz CT molecular complexity index is 711. The molecule has 1 spiro atoms. The Hall–Kier alpha value is -2.06. The lowest BCUT2D eigenvalue weighted by Crippen LogP contribution is -2.44. The lowest BCUT2D eigenvalue weighted by atomic mass is 9.78. The number of nitro benzene ring substituents is 1. The topological polar surface area (TPSA) is 93.9 Å². The highest BCUT2D eigenvalue weighted by Gasteiger charge is 2.39. The lowest BCUT2D eigenvalue weighted by Gasteiger charge is -2.38. The van der Waals surface area contributed by atoms with Gasteiger partial charge in [0.2, 0.25) is 0 Å². The molecule has 1 N–H and O–H groups in total. The highest BCUT2D eigenvalue weighted by molar-refractivity contribution is 5.99. The maximum atomic E-state index is 12.9. The number of amides is 1. The van der Waals surface area contributed by atoms with Gasteiger partial charge in [0.25, 0.3) is 11.6 Å². The summed E-state index contributed by atoms with van der Waals surface area (Å²) in [4.78, 5) is 25.5. The Labute approximate surface area is 157 Å². The summed E-state index contributed by atoms with van der Waals surface area (Å²) in [5, 5.41) is 14.8. The van der Waals surface area contributed by atoms with Crippen molar-refractivity contribution in [2.24, 2.45) is 5.41 Å². The summed E-state index contributed by atoms with van der Waals surface area (Å²) in [6.45, 7) is 4.01. The molecule has 1 aromatic rings. The number of nitrogens with one attached hydrogen (secondary N) is 1. The highest BCUT2D eigenvalue weighted by atomic mass is 35.5. The third-order valence-corrected chi connectivity index (χ3v) is 5.53. The van der Waals surface area contributed by atoms with Crippen LogP contribution in [0.1, 0.15) is 29.6 Å². The first kappa shape index (κ1) is 18.7. The van der Waals surface area contributed by atoms with E-state index in [0.717, 1.165) is 32.4 Å². The number of likely N-dealkylation sites (tertiary alicyclic amines) is 1. The summed E-state index contributed by atoms with van der Waals surface area (Å²) < 4.78 is 10.9. The number of halogens is 1. The fourth-order valence-corrected chi connectivity index (χ4v) is 3.98. The van der Waals surface area contributed by atoms with Crippen LogP contribution in [-0.4, -0.2) is 55.1 Å². The fourth-order valence-electron chi connectivity index (χ4n) is 3.98. The number of carbonyl (C=O) groups excluding carboxylic acids is 1. The zero-order valence-electron chi connectivity index (χ0n) is 14.4. The Kier molecular flexibility index (Phi) is 5.24. The summed E-state index contributed by atoms with van der Waals surface area (Å²) in [6.07, 6.45) is 3.01. The van der Waals surface area contributed by atoms with Crippen molar-refractivity contribution in [3.05, 3.63) is 27.8 Å². The smallest absolute Gasteiger partial charge is 0.286 e. The normalized spacial score (nSPS) is 20.5. The molecule has 8 nitrogen and oxygen atoms in total. The molecule has 0 aromatic heterocycles. The number of hydrogen-bond donors (Lipinski definition) is 1. The summed E-state index contributed by atoms with van der Waals surface area (Å²) in [5.41, 5.74) is 0.141. The molecule has 26 heavy (non-hydrogen) atoms. The van der Waals surface area contributed by atoms with Crippen LogP contribution >= 0.6 is 12.4 Å². The standard InChI is InChI=1S/C17H21N3O5.ClH/c21-16(19-5-2-17(3-6-19)1-4-18-11-17)12-9-14-15(25-8-7-24-14)10-13(12)20(22)23;/h9-10,18H,1-8,11H2;1H. The van der Waals surface area contributed by atoms with Gasteiger partial charge < -0.3 is 19.7 Å². The van der Waals surface area contributed by atoms with Gasteiger partial charge in [0.05, 0.1) is 11.0 Å². The molecule has 2 saturated heterocycles. The van der Waals surface area contributed by atoms with Crippen molar-refractivity contribution in [1.29, 1.82) is 0 Å². The van der Waals surface area contributed by atoms with Crippen LogP contribution in [0.2, 0.25) is 0 Å². The van der Waals surface area contributed by atoms with Crippen LogP contribution < -0.4 is 14.8 Å². The number of nitrogens with zero attached hydrogens (tertiary/aromatic N) is 2. The van der Waals surface area contributed by atoms with Crippen LogP contribution in [0.5, 0.6) is 11.5 Å². The van der Waals surface area contributed by atoms with Crippen molar-refractivity contribution >= 4 is 24.0 Å². The minimum absolute atomic E-state index is 0. The van der Waals surface area contributed by atoms with Crippen molar-refractivity contribution in [1.82, 2.24) is 10.2 Å². The van der Waals surface area contributed by atoms with Gasteiger partial charge in [-0.2, -0.15) is 0 Å². The average Bonchev–Trinajstić information content (AvgIpc) is 3.08. The number of nitro groups is 1. The van der Waals surface area contributed by atoms with Gasteiger partial charge in [0.1, 0.15) is 18.8 Å². The zero-order chi connectivity index (χ0) is 17.4. The predicted molar refractivity (Wildman–Crippen MR) is 96.4 cm³/mol. The molecule has 3 heterocycles. The molecule has 1 aromatic carbocycles. The number of piperidine rings is 1. The zero-order valence-corrected chi connectivity index (χ0v) is 15.2. The summed E-state index contributed by atoms with van der Waals surface area (Å²) in [5.74, 6) is 0.419. The van der Waals surface area contributed by atoms with Gasteiger partial charge in [0.15, 0.2) is 11.5 Å². The van der Waals surface area contributed by atoms with Crippen molar-refractivity contribution < 1.29 is 19.2 Å². The largest absolute Gasteiger partial charge is 0.486 e. The second kappa shape index (κ2) is 7.28. The molecule has 0 radical (unpaired) electrons. The van der Waals surface area contributed by atoms with Crippen LogP contribution in [0.25, 0.3) is 0 Å². The van der Waals surface area contributed by atoms with E-state index in [-0.39, 0.29) is 35.0 Å². The molecule has 0 unspecified atom stereocenters. The van der Waals surface area contributed by atoms with Crippen LogP contribution in [-0.2, 0) is 0 Å². The van der Waals surface area contributed by atoms with E-state index in [2.05, 4.69) is 5.32 Å². The predicted octanol–water partition coefficient (Wildman–Crippen LogP) is 2.00. The van der Waals surface area contributed by atoms with E-state index in [0.29, 0.717) is 37.8 Å². The molecule has 9 heteroatoms. The average molecular weight is 384 g/mol. The molecule has 2 fully saturated rings. The molecule has 3 aliphatic heterocycles. The van der Waals surface area contributed by atoms with E-state index in [1.165, 1.54) is 12.1 Å². The number of carbonyl (C=O) groups is 1. The quantitative estimate of drug-likeness (QED) is 0.620. The van der Waals surface area contributed by atoms with Crippen molar-refractivity contribution in [3.63, 3.8) is 0 Å². The summed E-state index contributed by atoms with van der Waals surface area (Å²) in [7, 11) is 0. The third kappa shape index (κ3) is 3.31. The number of benzene rings is 1. The van der Waals surface area contributed by atoms with Crippen LogP contribution in [0.15, 0.2) is 12.1 Å². The molecule has 0 saturated carbocycles. The number of hydrogen-bond acceptors (Lipinski definition) is 6. The lowest BCUT2D eigenvalue weighted by molar-refractivity contribution is -0.385. The minimum Gasteiger partial charge on any atom is -0.486 e. The summed E-state index contributed by atoms with van der Waals surface area (Å²) in [6, 6.07) is 2.75. The second-order valence-corrected chi connectivity index (χ2v) is 6.99. The van der Waals surface area contributed by atoms with Crippen LogP contribution in [0, 0.1) is 15.5 Å². The SMILES string of the molecule is Cl.O=C(c1cc2c(cc1[N+](=O)[O-])OCCO2)N1CCC2(CCNC2)CC1. The first-order valence-electron chi connectivity index (χ1n) is 8.66. The molecule has 0 bridgehead atoms. The van der Waals surface area contributed by atoms with E-state index in [1.54, 1.807) is 4.90 Å². The number of fused-ring (bicyclic) bond motifs is 1. The number of ether oxygens (including phenoxy) is 2. The van der Waals surface area contributed by atoms with Crippen LogP contribution in [0.4, 0.5) is 5.69 Å². The molecule has 0 atom stereocenters. The Morgan fingerprint density at radius 3 is 2.38 bits per heavy atom. The molecular formula is C17H22ClN3O5. The van der Waals surface area contributed by atoms with Gasteiger partial charge in [-0.25, -0.2) is 0 Å². The van der Waals surface area contributed by atoms with E-state index >= 15 is 0 Å². The van der Waals surface area contributed by atoms with Crippen LogP contribution in [0.3, 0.4) is 0 Å². The molecular weight excluding hydrogens is 362 g/mol. The monoisotopic (exact) mass is 383 g/mol. The second-order valence-electron chi connectivity index (χ2n) is 6.99. The van der Waals surface area contributed by atoms with Gasteiger partial charge in [-0.05, 0) is 31.2 Å². The van der Waals surface area contributed by atoms with Gasteiger partial charge in [0, 0.05) is 25.7 Å². The minimum atomic E-state index is -0.530. The summed E-state index contributed by atoms with van der Waals surface area (Å²) >= 11 is 0. The Balaban J connectivity index is 0.00000196. The first-order chi connectivity index (χ1) is 12.1. The van der Waals surface area contributed by atoms with Gasteiger partial charge in [-0.3, -0.25) is 14.9 Å². The highest BCUT2D eigenvalue weighted by Crippen LogP contribution is 2.40. The van der Waals surface area contributed by atoms with Gasteiger partial charge in [-0.1, -0.05) is 0 Å². The van der Waals surface area contributed by atoms with Crippen molar-refractivity contribution in [2.45, 2.75) is 19.3 Å². The molecule has 0 aliphatic carbocycles. The maximum absolute atomic E-state index is 12.9. The molecule has 4 rings (SSSR count). The number of rotatable bonds is 2. The Morgan fingerprint density at radius 2 is 1.81 bits per heavy atom. The van der Waals surface area contributed by atoms with Crippen molar-refractivity contribution in [3.8, 4) is 11.5 Å². The molecule has 3 aliphatic rings. The van der Waals surface area contributed by atoms with Crippen molar-refractivity contribution in [2.75, 3.05) is 39.4 Å². The third-order valence-electron chi connectivity index (χ3n) is 5.53. The van der Waals surface area contributed by atoms with E-state index in [9.17, 15) is 14.9 Å². The van der Waals surface area contributed by atoms with E-state index in [4.69, 9.17) is 9.47 Å². The Morgan fingerprint density at radius 1 is 1.15 bits per heavy atom. The van der Waals surface area contributed by atoms with E-state index < -0.39 is 4.92 Å². The molecule has 142 valence electrons. The first-order valence-corrected chi connectivity index (χ1v) is 8.66. The fraction of sp³-hybridized carbons (Fsp3) is 0.588. The van der Waals surface area contributed by atoms with Gasteiger partial charge in [-0.15, -0.1) is 12.4 Å². The molecule has 1 amide bonds. The van der Waals surface area contributed by atoms with E-state index in [1.807, 2.05) is 0 Å².